The van der Waals surface area contributed by atoms with Crippen molar-refractivity contribution in [3.8, 4) is 5.75 Å². The molecule has 5 heterocycles. The topological polar surface area (TPSA) is 58.6 Å². The van der Waals surface area contributed by atoms with Crippen molar-refractivity contribution < 1.29 is 9.53 Å². The van der Waals surface area contributed by atoms with E-state index in [4.69, 9.17) is 4.74 Å². The van der Waals surface area contributed by atoms with Crippen LogP contribution in [-0.4, -0.2) is 64.5 Å². The van der Waals surface area contributed by atoms with Gasteiger partial charge in [-0.1, -0.05) is 12.1 Å². The molecule has 1 amide bonds. The van der Waals surface area contributed by atoms with Crippen molar-refractivity contribution in [3.05, 3.63) is 53.6 Å². The Kier molecular flexibility index (Phi) is 4.31. The lowest BCUT2D eigenvalue weighted by Crippen LogP contribution is -2.60. The molecule has 146 valence electrons. The number of aryl methyl sites for hydroxylation is 1. The maximum Gasteiger partial charge on any atom is 0.257 e. The van der Waals surface area contributed by atoms with E-state index in [2.05, 4.69) is 31.9 Å². The number of ether oxygens (including phenoxy) is 1. The number of fused-ring (bicyclic) bond motifs is 2. The number of aromatic nitrogens is 2. The van der Waals surface area contributed by atoms with E-state index in [1.54, 1.807) is 13.3 Å². The minimum Gasteiger partial charge on any atom is -0.497 e. The Labute approximate surface area is 165 Å². The molecule has 6 nitrogen and oxygen atoms in total. The van der Waals surface area contributed by atoms with Gasteiger partial charge in [-0.25, -0.2) is 9.97 Å². The SMILES string of the molecule is COc1ccc(C2CN(C(=O)c3cncnc3C)C3C4CCN(CC4)C23)cc1. The Morgan fingerprint density at radius 2 is 1.89 bits per heavy atom. The summed E-state index contributed by atoms with van der Waals surface area (Å²) in [6.07, 6.45) is 5.55. The Bertz CT molecular complexity index is 876. The smallest absolute Gasteiger partial charge is 0.257 e. The van der Waals surface area contributed by atoms with Crippen molar-refractivity contribution in [3.63, 3.8) is 0 Å². The van der Waals surface area contributed by atoms with Crippen molar-refractivity contribution in [1.82, 2.24) is 19.8 Å². The molecule has 4 fully saturated rings. The summed E-state index contributed by atoms with van der Waals surface area (Å²) in [7, 11) is 1.69. The highest BCUT2D eigenvalue weighted by Gasteiger charge is 2.54. The summed E-state index contributed by atoms with van der Waals surface area (Å²) in [6, 6.07) is 9.06. The van der Waals surface area contributed by atoms with Crippen LogP contribution in [0.2, 0.25) is 0 Å². The summed E-state index contributed by atoms with van der Waals surface area (Å²) in [5, 5.41) is 0. The zero-order valence-electron chi connectivity index (χ0n) is 16.4. The third-order valence-corrected chi connectivity index (χ3v) is 6.94. The molecular weight excluding hydrogens is 352 g/mol. The van der Waals surface area contributed by atoms with Gasteiger partial charge in [0.25, 0.3) is 5.91 Å². The van der Waals surface area contributed by atoms with E-state index in [1.165, 1.54) is 24.7 Å². The minimum atomic E-state index is 0.0814. The van der Waals surface area contributed by atoms with Crippen LogP contribution in [0.1, 0.15) is 40.4 Å². The average molecular weight is 378 g/mol. The summed E-state index contributed by atoms with van der Waals surface area (Å²) >= 11 is 0. The highest BCUT2D eigenvalue weighted by molar-refractivity contribution is 5.95. The number of likely N-dealkylation sites (tertiary alicyclic amines) is 1. The van der Waals surface area contributed by atoms with E-state index >= 15 is 0 Å². The number of benzene rings is 1. The van der Waals surface area contributed by atoms with Gasteiger partial charge in [-0.2, -0.15) is 0 Å². The molecule has 0 spiro atoms. The molecule has 2 bridgehead atoms. The Hall–Kier alpha value is -2.47. The first-order chi connectivity index (χ1) is 13.7. The van der Waals surface area contributed by atoms with E-state index < -0.39 is 0 Å². The molecule has 28 heavy (non-hydrogen) atoms. The molecule has 3 unspecified atom stereocenters. The van der Waals surface area contributed by atoms with Gasteiger partial charge in [0.15, 0.2) is 0 Å². The van der Waals surface area contributed by atoms with Crippen molar-refractivity contribution in [1.29, 1.82) is 0 Å². The second kappa shape index (κ2) is 6.85. The van der Waals surface area contributed by atoms with Gasteiger partial charge in [-0.05, 0) is 56.5 Å². The molecule has 1 aromatic carbocycles. The molecular formula is C22H26N4O2. The van der Waals surface area contributed by atoms with E-state index in [0.717, 1.165) is 31.1 Å². The Morgan fingerprint density at radius 1 is 1.14 bits per heavy atom. The molecule has 0 aliphatic carbocycles. The van der Waals surface area contributed by atoms with Gasteiger partial charge in [-0.3, -0.25) is 9.69 Å². The van der Waals surface area contributed by atoms with E-state index in [-0.39, 0.29) is 11.9 Å². The first kappa shape index (κ1) is 17.6. The molecule has 4 saturated heterocycles. The molecule has 6 rings (SSSR count). The van der Waals surface area contributed by atoms with Gasteiger partial charge in [0, 0.05) is 24.7 Å². The monoisotopic (exact) mass is 378 g/mol. The third-order valence-electron chi connectivity index (χ3n) is 6.94. The summed E-state index contributed by atoms with van der Waals surface area (Å²) in [5.41, 5.74) is 2.68. The number of piperidine rings is 3. The van der Waals surface area contributed by atoms with Crippen molar-refractivity contribution in [2.45, 2.75) is 37.8 Å². The second-order valence-corrected chi connectivity index (χ2v) is 8.21. The van der Waals surface area contributed by atoms with Gasteiger partial charge in [-0.15, -0.1) is 0 Å². The number of amides is 1. The van der Waals surface area contributed by atoms with Crippen LogP contribution in [0.4, 0.5) is 0 Å². The summed E-state index contributed by atoms with van der Waals surface area (Å²) in [4.78, 5) is 26.6. The highest BCUT2D eigenvalue weighted by atomic mass is 16.5. The number of hydrogen-bond donors (Lipinski definition) is 0. The number of hydrogen-bond acceptors (Lipinski definition) is 5. The summed E-state index contributed by atoms with van der Waals surface area (Å²) < 4.78 is 5.33. The highest BCUT2D eigenvalue weighted by Crippen LogP contribution is 2.47. The molecule has 3 atom stereocenters. The van der Waals surface area contributed by atoms with Crippen LogP contribution in [-0.2, 0) is 0 Å². The lowest BCUT2D eigenvalue weighted by atomic mass is 9.75. The fourth-order valence-electron chi connectivity index (χ4n) is 5.55. The number of nitrogens with zero attached hydrogens (tertiary/aromatic N) is 4. The van der Waals surface area contributed by atoms with Crippen LogP contribution in [0.3, 0.4) is 0 Å². The second-order valence-electron chi connectivity index (χ2n) is 8.21. The fraction of sp³-hybridized carbons (Fsp3) is 0.500. The van der Waals surface area contributed by atoms with Crippen LogP contribution >= 0.6 is 0 Å². The molecule has 6 heteroatoms. The van der Waals surface area contributed by atoms with Crippen LogP contribution in [0.15, 0.2) is 36.8 Å². The van der Waals surface area contributed by atoms with E-state index in [1.807, 2.05) is 19.1 Å². The lowest BCUT2D eigenvalue weighted by molar-refractivity contribution is -0.00345. The molecule has 2 aromatic rings. The fourth-order valence-corrected chi connectivity index (χ4v) is 5.55. The van der Waals surface area contributed by atoms with Gasteiger partial charge >= 0.3 is 0 Å². The van der Waals surface area contributed by atoms with Gasteiger partial charge in [0.2, 0.25) is 0 Å². The normalized spacial score (nSPS) is 30.9. The quantitative estimate of drug-likeness (QED) is 0.821. The van der Waals surface area contributed by atoms with Crippen LogP contribution in [0.25, 0.3) is 0 Å². The summed E-state index contributed by atoms with van der Waals surface area (Å²) in [5.74, 6) is 1.87. The number of carbonyl (C=O) groups excluding carboxylic acids is 1. The predicted octanol–water partition coefficient (Wildman–Crippen LogP) is 2.50. The largest absolute Gasteiger partial charge is 0.497 e. The maximum atomic E-state index is 13.5. The van der Waals surface area contributed by atoms with Crippen molar-refractivity contribution in [2.24, 2.45) is 5.92 Å². The number of rotatable bonds is 3. The lowest BCUT2D eigenvalue weighted by Gasteiger charge is -2.51. The van der Waals surface area contributed by atoms with Crippen LogP contribution < -0.4 is 4.74 Å². The van der Waals surface area contributed by atoms with Gasteiger partial charge in [0.1, 0.15) is 12.1 Å². The zero-order valence-corrected chi connectivity index (χ0v) is 16.4. The molecule has 1 aromatic heterocycles. The first-order valence-corrected chi connectivity index (χ1v) is 10.1. The van der Waals surface area contributed by atoms with E-state index in [9.17, 15) is 4.79 Å². The summed E-state index contributed by atoms with van der Waals surface area (Å²) in [6.45, 7) is 4.93. The molecule has 0 saturated carbocycles. The molecule has 0 radical (unpaired) electrons. The van der Waals surface area contributed by atoms with Gasteiger partial charge in [0.05, 0.1) is 24.4 Å². The zero-order chi connectivity index (χ0) is 19.3. The number of methoxy groups -OCH3 is 1. The first-order valence-electron chi connectivity index (χ1n) is 10.1. The standard InChI is InChI=1S/C22H26N4O2/c1-14-18(11-23-13-24-14)22(27)26-12-19(15-3-5-17(28-2)6-4-15)21-20(26)16-7-9-25(21)10-8-16/h3-6,11,13,16,19-21H,7-10,12H2,1-2H3. The molecule has 4 aliphatic heterocycles. The van der Waals surface area contributed by atoms with E-state index in [0.29, 0.717) is 23.4 Å². The van der Waals surface area contributed by atoms with Crippen LogP contribution in [0, 0.1) is 12.8 Å². The molecule has 4 aliphatic rings. The maximum absolute atomic E-state index is 13.5. The minimum absolute atomic E-state index is 0.0814. The average Bonchev–Trinajstić information content (AvgIpc) is 3.17. The molecule has 0 N–H and O–H groups in total. The van der Waals surface area contributed by atoms with Crippen LogP contribution in [0.5, 0.6) is 5.75 Å². The predicted molar refractivity (Wildman–Crippen MR) is 105 cm³/mol. The Balaban J connectivity index is 1.52. The van der Waals surface area contributed by atoms with Gasteiger partial charge < -0.3 is 9.64 Å². The third kappa shape index (κ3) is 2.70. The van der Waals surface area contributed by atoms with Crippen molar-refractivity contribution >= 4 is 5.91 Å². The van der Waals surface area contributed by atoms with Crippen molar-refractivity contribution in [2.75, 3.05) is 26.7 Å². The number of carbonyl (C=O) groups is 1. The Morgan fingerprint density at radius 3 is 2.57 bits per heavy atom.